The van der Waals surface area contributed by atoms with Gasteiger partial charge in [0.1, 0.15) is 17.5 Å². The zero-order chi connectivity index (χ0) is 15.7. The van der Waals surface area contributed by atoms with Gasteiger partial charge in [0.05, 0.1) is 19.9 Å². The molecule has 112 valence electrons. The van der Waals surface area contributed by atoms with E-state index in [2.05, 4.69) is 10.1 Å². The highest BCUT2D eigenvalue weighted by Gasteiger charge is 2.12. The summed E-state index contributed by atoms with van der Waals surface area (Å²) in [5.74, 6) is 0.502. The number of rotatable bonds is 4. The first-order valence-electron chi connectivity index (χ1n) is 6.64. The Balaban J connectivity index is 1.90. The Hall–Kier alpha value is -2.96. The van der Waals surface area contributed by atoms with Crippen LogP contribution in [0.3, 0.4) is 0 Å². The summed E-state index contributed by atoms with van der Waals surface area (Å²) in [6.07, 6.45) is 2.83. The van der Waals surface area contributed by atoms with Gasteiger partial charge < -0.3 is 4.74 Å². The first-order chi connectivity index (χ1) is 10.6. The van der Waals surface area contributed by atoms with E-state index in [0.717, 1.165) is 0 Å². The first kappa shape index (κ1) is 14.0. The van der Waals surface area contributed by atoms with Crippen LogP contribution in [0.4, 0.5) is 0 Å². The van der Waals surface area contributed by atoms with Crippen molar-refractivity contribution < 1.29 is 9.53 Å². The number of fused-ring (bicyclic) bond motifs is 1. The van der Waals surface area contributed by atoms with Crippen molar-refractivity contribution in [3.63, 3.8) is 0 Å². The third-order valence-corrected chi connectivity index (χ3v) is 3.44. The lowest BCUT2D eigenvalue weighted by molar-refractivity contribution is 0.0970. The fourth-order valence-electron chi connectivity index (χ4n) is 2.20. The predicted octanol–water partition coefficient (Wildman–Crippen LogP) is 1.02. The third kappa shape index (κ3) is 2.37. The van der Waals surface area contributed by atoms with E-state index in [1.807, 2.05) is 0 Å². The van der Waals surface area contributed by atoms with Crippen LogP contribution >= 0.6 is 0 Å². The lowest BCUT2D eigenvalue weighted by atomic mass is 10.1. The second-order valence-corrected chi connectivity index (χ2v) is 4.83. The number of hydrogen-bond donors (Lipinski definition) is 0. The number of aryl methyl sites for hydroxylation is 1. The van der Waals surface area contributed by atoms with E-state index < -0.39 is 0 Å². The van der Waals surface area contributed by atoms with Crippen LogP contribution in [0.15, 0.2) is 41.6 Å². The van der Waals surface area contributed by atoms with Gasteiger partial charge in [-0.25, -0.2) is 4.98 Å². The van der Waals surface area contributed by atoms with Crippen molar-refractivity contribution in [2.45, 2.75) is 6.54 Å². The van der Waals surface area contributed by atoms with E-state index in [9.17, 15) is 9.59 Å². The first-order valence-corrected chi connectivity index (χ1v) is 6.64. The molecule has 7 nitrogen and oxygen atoms in total. The van der Waals surface area contributed by atoms with Gasteiger partial charge in [0.2, 0.25) is 0 Å². The summed E-state index contributed by atoms with van der Waals surface area (Å²) in [6, 6.07) is 6.75. The lowest BCUT2D eigenvalue weighted by Crippen LogP contribution is -2.24. The number of methoxy groups -OCH3 is 1. The Morgan fingerprint density at radius 3 is 2.68 bits per heavy atom. The van der Waals surface area contributed by atoms with Gasteiger partial charge in [0.25, 0.3) is 5.56 Å². The molecule has 0 atom stereocenters. The van der Waals surface area contributed by atoms with E-state index in [-0.39, 0.29) is 17.9 Å². The summed E-state index contributed by atoms with van der Waals surface area (Å²) in [5.41, 5.74) is 0.733. The Bertz CT molecular complexity index is 893. The fraction of sp³-hybridized carbons (Fsp3) is 0.200. The van der Waals surface area contributed by atoms with Crippen molar-refractivity contribution >= 4 is 16.8 Å². The molecule has 0 saturated carbocycles. The van der Waals surface area contributed by atoms with Gasteiger partial charge in [-0.05, 0) is 24.3 Å². The second-order valence-electron chi connectivity index (χ2n) is 4.83. The van der Waals surface area contributed by atoms with E-state index in [0.29, 0.717) is 22.3 Å². The van der Waals surface area contributed by atoms with Crippen LogP contribution in [0.1, 0.15) is 10.4 Å². The van der Waals surface area contributed by atoms with Crippen LogP contribution in [0, 0.1) is 0 Å². The minimum absolute atomic E-state index is 0.0665. The number of ketones is 1. The molecule has 0 amide bonds. The number of benzene rings is 1. The van der Waals surface area contributed by atoms with Gasteiger partial charge in [-0.3, -0.25) is 18.8 Å². The fourth-order valence-corrected chi connectivity index (χ4v) is 2.20. The quantitative estimate of drug-likeness (QED) is 0.672. The van der Waals surface area contributed by atoms with Gasteiger partial charge in [-0.15, -0.1) is 0 Å². The molecule has 0 aliphatic rings. The van der Waals surface area contributed by atoms with Crippen molar-refractivity contribution in [3.05, 3.63) is 52.7 Å². The molecule has 2 aromatic heterocycles. The van der Waals surface area contributed by atoms with Gasteiger partial charge in [-0.2, -0.15) is 5.10 Å². The van der Waals surface area contributed by atoms with E-state index in [1.165, 1.54) is 21.8 Å². The number of aromatic nitrogens is 4. The number of nitrogens with zero attached hydrogens (tertiary/aromatic N) is 4. The Morgan fingerprint density at radius 2 is 2.00 bits per heavy atom. The average Bonchev–Trinajstić information content (AvgIpc) is 2.92. The predicted molar refractivity (Wildman–Crippen MR) is 80.1 cm³/mol. The Labute approximate surface area is 125 Å². The lowest BCUT2D eigenvalue weighted by Gasteiger charge is -2.06. The van der Waals surface area contributed by atoms with Gasteiger partial charge in [0.15, 0.2) is 11.4 Å². The monoisotopic (exact) mass is 298 g/mol. The number of Topliss-reactive ketones (excluding diaryl/α,β-unsaturated/α-hetero) is 1. The minimum Gasteiger partial charge on any atom is -0.497 e. The Kier molecular flexibility index (Phi) is 3.46. The normalized spacial score (nSPS) is 10.8. The van der Waals surface area contributed by atoms with Crippen molar-refractivity contribution in [2.24, 2.45) is 7.05 Å². The molecule has 0 unspecified atom stereocenters. The molecule has 1 aromatic carbocycles. The molecule has 0 N–H and O–H groups in total. The molecule has 3 aromatic rings. The smallest absolute Gasteiger partial charge is 0.264 e. The van der Waals surface area contributed by atoms with Gasteiger partial charge >= 0.3 is 0 Å². The molecule has 0 saturated heterocycles. The third-order valence-electron chi connectivity index (χ3n) is 3.44. The van der Waals surface area contributed by atoms with Crippen molar-refractivity contribution in [1.29, 1.82) is 0 Å². The number of carbonyl (C=O) groups excluding carboxylic acids is 1. The van der Waals surface area contributed by atoms with Crippen molar-refractivity contribution in [1.82, 2.24) is 19.3 Å². The zero-order valence-corrected chi connectivity index (χ0v) is 12.2. The maximum atomic E-state index is 12.3. The summed E-state index contributed by atoms with van der Waals surface area (Å²) >= 11 is 0. The largest absolute Gasteiger partial charge is 0.497 e. The second kappa shape index (κ2) is 5.44. The van der Waals surface area contributed by atoms with Crippen LogP contribution in [-0.4, -0.2) is 32.2 Å². The van der Waals surface area contributed by atoms with Crippen molar-refractivity contribution in [3.8, 4) is 5.75 Å². The molecular formula is C15H14N4O3. The molecule has 22 heavy (non-hydrogen) atoms. The molecule has 0 radical (unpaired) electrons. The zero-order valence-electron chi connectivity index (χ0n) is 12.2. The Morgan fingerprint density at radius 1 is 1.27 bits per heavy atom. The molecule has 0 aliphatic carbocycles. The van der Waals surface area contributed by atoms with Crippen molar-refractivity contribution in [2.75, 3.05) is 7.11 Å². The summed E-state index contributed by atoms with van der Waals surface area (Å²) in [6.45, 7) is -0.0665. The SMILES string of the molecule is COc1ccc(C(=O)Cn2cnc3c(cnn3C)c2=O)cc1. The van der Waals surface area contributed by atoms with Crippen LogP contribution in [0.25, 0.3) is 11.0 Å². The topological polar surface area (TPSA) is 79.0 Å². The van der Waals surface area contributed by atoms with E-state index in [4.69, 9.17) is 4.74 Å². The molecule has 3 rings (SSSR count). The maximum Gasteiger partial charge on any atom is 0.264 e. The summed E-state index contributed by atoms with van der Waals surface area (Å²) in [5, 5.41) is 4.39. The highest BCUT2D eigenvalue weighted by Crippen LogP contribution is 2.12. The van der Waals surface area contributed by atoms with Crippen LogP contribution in [0.2, 0.25) is 0 Å². The minimum atomic E-state index is -0.278. The molecule has 0 spiro atoms. The molecule has 0 fully saturated rings. The summed E-state index contributed by atoms with van der Waals surface area (Å²) < 4.78 is 7.86. The van der Waals surface area contributed by atoms with Crippen LogP contribution in [0.5, 0.6) is 5.75 Å². The molecule has 7 heteroatoms. The molecule has 0 aliphatic heterocycles. The molecular weight excluding hydrogens is 284 g/mol. The number of ether oxygens (including phenoxy) is 1. The van der Waals surface area contributed by atoms with Gasteiger partial charge in [-0.1, -0.05) is 0 Å². The maximum absolute atomic E-state index is 12.3. The van der Waals surface area contributed by atoms with Crippen LogP contribution in [-0.2, 0) is 13.6 Å². The highest BCUT2D eigenvalue weighted by atomic mass is 16.5. The van der Waals surface area contributed by atoms with E-state index >= 15 is 0 Å². The highest BCUT2D eigenvalue weighted by molar-refractivity contribution is 5.96. The standard InChI is InChI=1S/C15H14N4O3/c1-18-14-12(7-17-18)15(21)19(9-16-14)8-13(20)10-3-5-11(22-2)6-4-10/h3-7,9H,8H2,1-2H3. The molecule has 0 bridgehead atoms. The summed E-state index contributed by atoms with van der Waals surface area (Å²) in [4.78, 5) is 28.7. The average molecular weight is 298 g/mol. The van der Waals surface area contributed by atoms with Crippen LogP contribution < -0.4 is 10.3 Å². The number of carbonyl (C=O) groups is 1. The van der Waals surface area contributed by atoms with E-state index in [1.54, 1.807) is 38.4 Å². The van der Waals surface area contributed by atoms with Gasteiger partial charge in [0, 0.05) is 12.6 Å². The summed E-state index contributed by atoms with van der Waals surface area (Å²) in [7, 11) is 3.27. The molecule has 2 heterocycles. The number of hydrogen-bond acceptors (Lipinski definition) is 5.